The molecule has 2 aromatic carbocycles. The highest BCUT2D eigenvalue weighted by atomic mass is 32.2. The van der Waals surface area contributed by atoms with E-state index in [9.17, 15) is 102 Å². The van der Waals surface area contributed by atoms with Crippen LogP contribution in [-0.4, -0.2) is 293 Å². The minimum Gasteiger partial charge on any atom is -0.481 e. The average Bonchev–Trinajstić information content (AvgIpc) is 1.70. The first-order chi connectivity index (χ1) is 48.9. The average molecular weight is 1560 g/mol. The molecule has 15 N–H and O–H groups in total. The van der Waals surface area contributed by atoms with E-state index < -0.39 is 155 Å². The third kappa shape index (κ3) is 29.5. The molecule has 9 amide bonds. The largest absolute Gasteiger partial charge is 0.481 e. The molecule has 6 rings (SSSR count). The number of hydrogen-bond acceptors (Lipinski definition) is 22. The molecule has 11 atom stereocenters. The normalized spacial score (nSPS) is 24.6. The number of carbonyl (C=O) groups is 10. The summed E-state index contributed by atoms with van der Waals surface area (Å²) in [5.74, 6) is -7.16. The molecule has 4 aliphatic heterocycles. The van der Waals surface area contributed by atoms with Crippen molar-refractivity contribution in [1.82, 2.24) is 61.7 Å². The van der Waals surface area contributed by atoms with Crippen LogP contribution in [0, 0.1) is 0 Å². The Balaban J connectivity index is 1.22. The number of urea groups is 1. The van der Waals surface area contributed by atoms with Gasteiger partial charge in [0.2, 0.25) is 63.5 Å². The fraction of sp³-hybridized carbons (Fsp3) is 0.656. The molecular weight excluding hydrogens is 1460 g/mol. The van der Waals surface area contributed by atoms with Gasteiger partial charge in [-0.2, -0.15) is 35.3 Å². The van der Waals surface area contributed by atoms with Crippen molar-refractivity contribution in [3.05, 3.63) is 70.8 Å². The zero-order valence-electron chi connectivity index (χ0n) is 58.1. The highest BCUT2D eigenvalue weighted by molar-refractivity contribution is 7.99. The maximum atomic E-state index is 14.8. The lowest BCUT2D eigenvalue weighted by atomic mass is 10.0. The van der Waals surface area contributed by atoms with Gasteiger partial charge in [0.05, 0.1) is 25.0 Å². The summed E-state index contributed by atoms with van der Waals surface area (Å²) in [6, 6.07) is 3.67. The van der Waals surface area contributed by atoms with Gasteiger partial charge in [-0.05, 0) is 67.7 Å². The molecule has 0 aliphatic carbocycles. The van der Waals surface area contributed by atoms with Crippen LogP contribution in [0.1, 0.15) is 93.9 Å². The van der Waals surface area contributed by atoms with Gasteiger partial charge in [-0.3, -0.25) is 66.8 Å². The van der Waals surface area contributed by atoms with E-state index in [4.69, 9.17) is 0 Å². The molecule has 0 saturated carbocycles. The van der Waals surface area contributed by atoms with E-state index in [0.29, 0.717) is 42.9 Å². The first kappa shape index (κ1) is 86.2. The molecule has 2 aromatic rings. The van der Waals surface area contributed by atoms with Gasteiger partial charge in [0, 0.05) is 125 Å². The van der Waals surface area contributed by atoms with Crippen LogP contribution in [0.15, 0.2) is 48.5 Å². The van der Waals surface area contributed by atoms with E-state index in [-0.39, 0.29) is 133 Å². The summed E-state index contributed by atoms with van der Waals surface area (Å²) in [5, 5.41) is 68.6. The second kappa shape index (κ2) is 42.6. The van der Waals surface area contributed by atoms with Gasteiger partial charge in [0.1, 0.15) is 55.0 Å². The zero-order valence-corrected chi connectivity index (χ0v) is 63.2. The van der Waals surface area contributed by atoms with Gasteiger partial charge in [-0.15, -0.1) is 0 Å². The van der Waals surface area contributed by atoms with Gasteiger partial charge in [-0.1, -0.05) is 61.9 Å². The number of carboxylic acid groups (broad SMARTS) is 2. The summed E-state index contributed by atoms with van der Waals surface area (Å²) in [5.41, 5.74) is 2.85. The molecule has 4 unspecified atom stereocenters. The van der Waals surface area contributed by atoms with E-state index in [0.717, 1.165) is 23.1 Å². The smallest absolute Gasteiger partial charge is 0.327 e. The van der Waals surface area contributed by atoms with Crippen LogP contribution in [0.5, 0.6) is 0 Å². The first-order valence-electron chi connectivity index (χ1n) is 34.4. The van der Waals surface area contributed by atoms with Gasteiger partial charge in [0.25, 0.3) is 0 Å². The van der Waals surface area contributed by atoms with Crippen molar-refractivity contribution in [2.75, 3.05) is 120 Å². The van der Waals surface area contributed by atoms with Crippen molar-refractivity contribution in [2.24, 2.45) is 0 Å². The molecule has 3 saturated heterocycles. The fourth-order valence-corrected chi connectivity index (χ4v) is 18.5. The van der Waals surface area contributed by atoms with E-state index in [1.165, 1.54) is 52.0 Å². The Morgan fingerprint density at radius 1 is 0.641 bits per heavy atom. The number of unbranched alkanes of at least 4 members (excludes halogenated alkanes) is 1. The van der Waals surface area contributed by atoms with Crippen molar-refractivity contribution in [3.63, 3.8) is 0 Å². The summed E-state index contributed by atoms with van der Waals surface area (Å²) >= 11 is 3.94. The third-order valence-electron chi connectivity index (χ3n) is 17.6. The minimum absolute atomic E-state index is 0.0348. The summed E-state index contributed by atoms with van der Waals surface area (Å²) in [7, 11) is -12.0. The lowest BCUT2D eigenvalue weighted by molar-refractivity contribution is -0.147. The van der Waals surface area contributed by atoms with Crippen molar-refractivity contribution < 1.29 is 102 Å². The molecule has 103 heavy (non-hydrogen) atoms. The van der Waals surface area contributed by atoms with Crippen LogP contribution >= 0.6 is 57.4 Å². The van der Waals surface area contributed by atoms with Crippen LogP contribution in [0.25, 0.3) is 0 Å². The molecule has 3 fully saturated rings. The molecule has 2 bridgehead atoms. The highest BCUT2D eigenvalue weighted by Crippen LogP contribution is 2.43. The minimum atomic E-state index is -4.03. The predicted octanol–water partition coefficient (Wildman–Crippen LogP) is 0.371. The number of amides is 9. The summed E-state index contributed by atoms with van der Waals surface area (Å²) in [6.45, 7) is 4.85. The first-order valence-corrected chi connectivity index (χ1v) is 43.9. The number of aliphatic carboxylic acids is 2. The maximum Gasteiger partial charge on any atom is 0.327 e. The van der Waals surface area contributed by atoms with Crippen LogP contribution < -0.4 is 37.2 Å². The van der Waals surface area contributed by atoms with Crippen LogP contribution in [0.2, 0.25) is 0 Å². The lowest BCUT2D eigenvalue weighted by Gasteiger charge is -2.33. The maximum absolute atomic E-state index is 14.8. The van der Waals surface area contributed by atoms with Crippen LogP contribution in [-0.2, 0) is 80.5 Å². The van der Waals surface area contributed by atoms with Crippen molar-refractivity contribution in [2.45, 2.75) is 144 Å². The number of carbonyl (C=O) groups excluding carboxylic acids is 8. The quantitative estimate of drug-likeness (QED) is 0.0424. The monoisotopic (exact) mass is 1560 g/mol. The second-order valence-corrected chi connectivity index (χ2v) is 36.3. The van der Waals surface area contributed by atoms with Crippen LogP contribution in [0.4, 0.5) is 4.79 Å². The Morgan fingerprint density at radius 3 is 1.76 bits per heavy atom. The number of hydrogen-bond donors (Lipinski definition) is 15. The van der Waals surface area contributed by atoms with Crippen LogP contribution in [0.3, 0.4) is 0 Å². The number of fused-ring (bicyclic) bond motifs is 4. The molecule has 0 radical (unpaired) electrons. The highest BCUT2D eigenvalue weighted by Gasteiger charge is 2.45. The van der Waals surface area contributed by atoms with Crippen molar-refractivity contribution in [3.8, 4) is 0 Å². The van der Waals surface area contributed by atoms with Crippen molar-refractivity contribution in [1.29, 1.82) is 0 Å². The second-order valence-electron chi connectivity index (χ2n) is 26.2. The SMILES string of the molecule is CCCCNC(=O)N[C@H]1CSCc2cc(CSCCNC(=O)CCP(=O)(O)CN3CCN(CP(=O)(O)CO)CCN(CP(=O)(O)CO)CC3)cc(c2)CSCC(C(=O)O)NC(=O)[C@H](Cc2ccccc2)NC(=O)[C@H](CCC(=O)O)NC(=O)[C@H]([C@@H](C)O)NC(=O)[C@@H]2CCCN2C(=O)[C@@H]2CCCN2C1=O. The number of nitrogens with zero attached hydrogens (tertiary/aromatic N) is 5. The van der Waals surface area contributed by atoms with E-state index in [2.05, 4.69) is 37.2 Å². The Morgan fingerprint density at radius 2 is 1.19 bits per heavy atom. The Bertz CT molecular complexity index is 3340. The van der Waals surface area contributed by atoms with Gasteiger partial charge in [0.15, 0.2) is 0 Å². The number of carboxylic acids is 2. The molecule has 576 valence electrons. The standard InChI is InChI=1S/C64H101N12O21P3S3/c1-3-4-17-66-64(91)70-50-36-102-34-46-29-45(33-101-28-18-65-54(80)16-27-98(92,93)38-72-21-23-73(39-99(94,95)41-77)25-26-74(24-22-72)40-100(96,97)42-78)30-47(31-46)35-103-37-51(63(89)90)69-58(84)49(32-44-10-6-5-7-11-44)68-57(83)48(14-15-55(81)82)67-60(86)56(43(2)79)71-59(85)52-12-8-19-75(52)62(88)53-13-9-20-76(53)61(50)87/h5-7,10-11,29-31,43,48-53,56,77-79H,3-4,8-9,12-28,32-42H2,1-2H3,(H,65,80)(H,67,86)(H,68,83)(H,69,84)(H,71,85)(H,81,82)(H,89,90)(H,92,93)(H,94,95)(H,96,97)(H2,66,70,91)/t43-,48+,49+,50+,51?,52+,53+,56+/m1/s1. The fourth-order valence-electron chi connectivity index (χ4n) is 12.2. The van der Waals surface area contributed by atoms with Gasteiger partial charge in [-0.25, -0.2) is 9.59 Å². The Labute approximate surface area is 612 Å². The number of nitrogens with one attached hydrogen (secondary N) is 7. The number of thioether (sulfide) groups is 3. The number of rotatable bonds is 27. The number of benzene rings is 2. The summed E-state index contributed by atoms with van der Waals surface area (Å²) in [6.07, 6.45) is -4.19. The van der Waals surface area contributed by atoms with Crippen molar-refractivity contribution >= 4 is 117 Å². The number of aliphatic hydroxyl groups is 3. The van der Waals surface area contributed by atoms with Gasteiger partial charge >= 0.3 is 18.0 Å². The van der Waals surface area contributed by atoms with E-state index in [1.807, 2.05) is 25.1 Å². The summed E-state index contributed by atoms with van der Waals surface area (Å²) in [4.78, 5) is 177. The Hall–Kier alpha value is -5.68. The van der Waals surface area contributed by atoms with Gasteiger partial charge < -0.3 is 87.2 Å². The number of aliphatic hydroxyl groups excluding tert-OH is 3. The summed E-state index contributed by atoms with van der Waals surface area (Å²) < 4.78 is 38.6. The lowest BCUT2D eigenvalue weighted by Crippen LogP contribution is -2.61. The molecule has 4 heterocycles. The molecular formula is C64H101N12O21P3S3. The topological polar surface area (TPSA) is 484 Å². The Kier molecular flexibility index (Phi) is 35.7. The molecule has 33 nitrogen and oxygen atoms in total. The zero-order chi connectivity index (χ0) is 75.4. The van der Waals surface area contributed by atoms with E-state index in [1.54, 1.807) is 45.0 Å². The molecule has 0 spiro atoms. The van der Waals surface area contributed by atoms with E-state index >= 15 is 0 Å². The third-order valence-corrected chi connectivity index (χ3v) is 25.2. The molecule has 39 heteroatoms. The molecule has 0 aromatic heterocycles. The predicted molar refractivity (Wildman–Crippen MR) is 389 cm³/mol. The molecule has 4 aliphatic rings.